The molecule has 0 bridgehead atoms. The molecule has 0 aliphatic carbocycles. The first-order valence-corrected chi connectivity index (χ1v) is 10.4. The van der Waals surface area contributed by atoms with Crippen LogP contribution in [0.5, 0.6) is 11.5 Å². The number of fused-ring (bicyclic) bond motifs is 1. The molecule has 1 fully saturated rings. The number of carbonyl (C=O) groups is 2. The fourth-order valence-electron chi connectivity index (χ4n) is 3.89. The highest BCUT2D eigenvalue weighted by Gasteiger charge is 2.34. The third-order valence-corrected chi connectivity index (χ3v) is 5.62. The zero-order valence-corrected chi connectivity index (χ0v) is 17.2. The molecule has 0 saturated carbocycles. The lowest BCUT2D eigenvalue weighted by Crippen LogP contribution is -2.55. The largest absolute Gasteiger partial charge is 0.485 e. The SMILES string of the molecule is O=C(c1ccc(-c2ccccc2F)o1)N1CCN(C(=O)C2COc3ccccc3O2)CC1. The molecule has 2 aromatic carbocycles. The number of halogens is 1. The maximum absolute atomic E-state index is 14.0. The molecule has 7 nitrogen and oxygen atoms in total. The van der Waals surface area contributed by atoms with Crippen molar-refractivity contribution in [1.29, 1.82) is 0 Å². The topological polar surface area (TPSA) is 72.2 Å². The van der Waals surface area contributed by atoms with E-state index in [0.29, 0.717) is 49.0 Å². The molecule has 3 heterocycles. The Kier molecular flexibility index (Phi) is 5.26. The molecule has 1 unspecified atom stereocenters. The van der Waals surface area contributed by atoms with Gasteiger partial charge in [0, 0.05) is 26.2 Å². The normalized spacial score (nSPS) is 17.8. The zero-order valence-electron chi connectivity index (χ0n) is 17.2. The number of amides is 2. The van der Waals surface area contributed by atoms with E-state index in [1.165, 1.54) is 6.07 Å². The number of hydrogen-bond donors (Lipinski definition) is 0. The molecule has 1 saturated heterocycles. The summed E-state index contributed by atoms with van der Waals surface area (Å²) < 4.78 is 31.0. The van der Waals surface area contributed by atoms with E-state index in [0.717, 1.165) is 0 Å². The molecule has 0 N–H and O–H groups in total. The fraction of sp³-hybridized carbons (Fsp3) is 0.250. The van der Waals surface area contributed by atoms with Crippen LogP contribution in [0.25, 0.3) is 11.3 Å². The molecule has 1 atom stereocenters. The Morgan fingerprint density at radius 2 is 1.53 bits per heavy atom. The van der Waals surface area contributed by atoms with E-state index in [4.69, 9.17) is 13.9 Å². The first-order chi connectivity index (χ1) is 15.6. The number of rotatable bonds is 3. The molecule has 5 rings (SSSR count). The van der Waals surface area contributed by atoms with Crippen LogP contribution in [0.2, 0.25) is 0 Å². The molecule has 0 spiro atoms. The Morgan fingerprint density at radius 1 is 0.844 bits per heavy atom. The maximum Gasteiger partial charge on any atom is 0.289 e. The van der Waals surface area contributed by atoms with E-state index in [2.05, 4.69) is 0 Å². The molecular formula is C24H21FN2O5. The average Bonchev–Trinajstić information content (AvgIpc) is 3.33. The molecule has 2 aliphatic heterocycles. The fourth-order valence-corrected chi connectivity index (χ4v) is 3.89. The second-order valence-corrected chi connectivity index (χ2v) is 7.63. The minimum atomic E-state index is -0.708. The predicted octanol–water partition coefficient (Wildman–Crippen LogP) is 3.21. The van der Waals surface area contributed by atoms with Crippen molar-refractivity contribution in [3.63, 3.8) is 0 Å². The first-order valence-electron chi connectivity index (χ1n) is 10.4. The number of piperazine rings is 1. The lowest BCUT2D eigenvalue weighted by atomic mass is 10.1. The summed E-state index contributed by atoms with van der Waals surface area (Å²) in [6.45, 7) is 1.65. The van der Waals surface area contributed by atoms with Crippen LogP contribution in [-0.2, 0) is 4.79 Å². The van der Waals surface area contributed by atoms with Crippen molar-refractivity contribution in [1.82, 2.24) is 9.80 Å². The number of ether oxygens (including phenoxy) is 2. The Morgan fingerprint density at radius 3 is 2.31 bits per heavy atom. The second kappa shape index (κ2) is 8.37. The van der Waals surface area contributed by atoms with Crippen molar-refractivity contribution < 1.29 is 27.9 Å². The van der Waals surface area contributed by atoms with Crippen LogP contribution >= 0.6 is 0 Å². The van der Waals surface area contributed by atoms with Gasteiger partial charge in [-0.1, -0.05) is 24.3 Å². The van der Waals surface area contributed by atoms with Crippen molar-refractivity contribution in [2.75, 3.05) is 32.8 Å². The van der Waals surface area contributed by atoms with Crippen LogP contribution in [0, 0.1) is 5.82 Å². The minimum absolute atomic E-state index is 0.142. The highest BCUT2D eigenvalue weighted by molar-refractivity contribution is 5.92. The molecule has 2 amide bonds. The van der Waals surface area contributed by atoms with Gasteiger partial charge in [0.2, 0.25) is 6.10 Å². The summed E-state index contributed by atoms with van der Waals surface area (Å²) in [6, 6.07) is 16.6. The van der Waals surface area contributed by atoms with Crippen molar-refractivity contribution in [3.8, 4) is 22.8 Å². The lowest BCUT2D eigenvalue weighted by molar-refractivity contribution is -0.142. The highest BCUT2D eigenvalue weighted by atomic mass is 19.1. The number of furan rings is 1. The second-order valence-electron chi connectivity index (χ2n) is 7.63. The van der Waals surface area contributed by atoms with Gasteiger partial charge in [0.15, 0.2) is 17.3 Å². The third-order valence-electron chi connectivity index (χ3n) is 5.62. The molecule has 164 valence electrons. The maximum atomic E-state index is 14.0. The van der Waals surface area contributed by atoms with Gasteiger partial charge >= 0.3 is 0 Å². The Hall–Kier alpha value is -3.81. The summed E-state index contributed by atoms with van der Waals surface area (Å²) in [5.41, 5.74) is 0.304. The van der Waals surface area contributed by atoms with Crippen LogP contribution in [0.4, 0.5) is 4.39 Å². The van der Waals surface area contributed by atoms with Crippen LogP contribution in [0.1, 0.15) is 10.6 Å². The van der Waals surface area contributed by atoms with Gasteiger partial charge in [-0.25, -0.2) is 4.39 Å². The summed E-state index contributed by atoms with van der Waals surface area (Å²) in [7, 11) is 0. The van der Waals surface area contributed by atoms with Gasteiger partial charge in [-0.2, -0.15) is 0 Å². The highest BCUT2D eigenvalue weighted by Crippen LogP contribution is 2.31. The summed E-state index contributed by atoms with van der Waals surface area (Å²) >= 11 is 0. The van der Waals surface area contributed by atoms with Gasteiger partial charge in [-0.05, 0) is 36.4 Å². The number of carbonyl (C=O) groups excluding carboxylic acids is 2. The third kappa shape index (κ3) is 3.79. The standard InChI is InChI=1S/C24H21FN2O5/c25-17-6-2-1-5-16(17)18-9-10-21(31-18)23(28)26-11-13-27(14-12-26)24(29)22-15-30-19-7-3-4-8-20(19)32-22/h1-10,22H,11-15H2. The monoisotopic (exact) mass is 436 g/mol. The minimum Gasteiger partial charge on any atom is -0.485 e. The summed E-state index contributed by atoms with van der Waals surface area (Å²) in [6.07, 6.45) is -0.708. The molecule has 0 radical (unpaired) electrons. The Bertz CT molecular complexity index is 1150. The van der Waals surface area contributed by atoms with Crippen molar-refractivity contribution >= 4 is 11.8 Å². The van der Waals surface area contributed by atoms with E-state index in [1.54, 1.807) is 52.3 Å². The number of hydrogen-bond acceptors (Lipinski definition) is 5. The van der Waals surface area contributed by atoms with Crippen LogP contribution in [0.15, 0.2) is 65.1 Å². The van der Waals surface area contributed by atoms with E-state index in [9.17, 15) is 14.0 Å². The smallest absolute Gasteiger partial charge is 0.289 e. The molecule has 2 aliphatic rings. The van der Waals surface area contributed by atoms with Crippen LogP contribution in [-0.4, -0.2) is 60.5 Å². The quantitative estimate of drug-likeness (QED) is 0.631. The van der Waals surface area contributed by atoms with E-state index >= 15 is 0 Å². The van der Waals surface area contributed by atoms with Gasteiger partial charge in [0.1, 0.15) is 18.2 Å². The van der Waals surface area contributed by atoms with Crippen molar-refractivity contribution in [2.45, 2.75) is 6.10 Å². The van der Waals surface area contributed by atoms with Crippen LogP contribution in [0.3, 0.4) is 0 Å². The number of para-hydroxylation sites is 2. The molecule has 32 heavy (non-hydrogen) atoms. The molecule has 1 aromatic heterocycles. The summed E-state index contributed by atoms with van der Waals surface area (Å²) in [5.74, 6) is 0.759. The van der Waals surface area contributed by atoms with E-state index in [1.807, 2.05) is 12.1 Å². The molecular weight excluding hydrogens is 415 g/mol. The van der Waals surface area contributed by atoms with Crippen molar-refractivity contribution in [3.05, 3.63) is 72.2 Å². The summed E-state index contributed by atoms with van der Waals surface area (Å²) in [5, 5.41) is 0. The zero-order chi connectivity index (χ0) is 22.1. The average molecular weight is 436 g/mol. The van der Waals surface area contributed by atoms with Crippen molar-refractivity contribution in [2.24, 2.45) is 0 Å². The number of benzene rings is 2. The van der Waals surface area contributed by atoms with Gasteiger partial charge < -0.3 is 23.7 Å². The van der Waals surface area contributed by atoms with Gasteiger partial charge in [-0.3, -0.25) is 9.59 Å². The van der Waals surface area contributed by atoms with E-state index < -0.39 is 11.9 Å². The van der Waals surface area contributed by atoms with Crippen LogP contribution < -0.4 is 9.47 Å². The molecule has 8 heteroatoms. The van der Waals surface area contributed by atoms with Gasteiger partial charge in [0.05, 0.1) is 5.56 Å². The lowest BCUT2D eigenvalue weighted by Gasteiger charge is -2.36. The van der Waals surface area contributed by atoms with Gasteiger partial charge in [0.25, 0.3) is 11.8 Å². The molecule has 3 aromatic rings. The van der Waals surface area contributed by atoms with E-state index in [-0.39, 0.29) is 24.2 Å². The number of nitrogens with zero attached hydrogens (tertiary/aromatic N) is 2. The predicted molar refractivity (Wildman–Crippen MR) is 113 cm³/mol. The summed E-state index contributed by atoms with van der Waals surface area (Å²) in [4.78, 5) is 29.0. The first kappa shape index (κ1) is 20.1. The van der Waals surface area contributed by atoms with Gasteiger partial charge in [-0.15, -0.1) is 0 Å². The Balaban J connectivity index is 1.19. The Labute approximate surface area is 183 Å².